The molecular formula is C14H27N3S. The lowest BCUT2D eigenvalue weighted by Gasteiger charge is -2.44. The number of hydrogen-bond acceptors (Lipinski definition) is 4. The summed E-state index contributed by atoms with van der Waals surface area (Å²) in [5.74, 6) is 1.28. The van der Waals surface area contributed by atoms with E-state index < -0.39 is 0 Å². The van der Waals surface area contributed by atoms with Crippen LogP contribution >= 0.6 is 11.8 Å². The molecule has 0 aromatic rings. The van der Waals surface area contributed by atoms with Crippen LogP contribution in [0.3, 0.4) is 0 Å². The SMILES string of the molecule is CC1CN(C2(CN)CC(C)N(C3CC3)C2)CCS1. The van der Waals surface area contributed by atoms with Crippen LogP contribution in [0.2, 0.25) is 0 Å². The number of rotatable bonds is 3. The summed E-state index contributed by atoms with van der Waals surface area (Å²) in [7, 11) is 0. The first-order valence-corrected chi connectivity index (χ1v) is 8.52. The van der Waals surface area contributed by atoms with Crippen molar-refractivity contribution in [3.8, 4) is 0 Å². The van der Waals surface area contributed by atoms with Gasteiger partial charge in [-0.2, -0.15) is 11.8 Å². The Bertz CT molecular complexity index is 307. The second kappa shape index (κ2) is 4.97. The maximum atomic E-state index is 6.21. The van der Waals surface area contributed by atoms with Gasteiger partial charge < -0.3 is 5.73 Å². The van der Waals surface area contributed by atoms with E-state index in [1.54, 1.807) is 0 Å². The van der Waals surface area contributed by atoms with Crippen molar-refractivity contribution in [3.05, 3.63) is 0 Å². The van der Waals surface area contributed by atoms with E-state index in [9.17, 15) is 0 Å². The van der Waals surface area contributed by atoms with Crippen LogP contribution in [0.25, 0.3) is 0 Å². The molecule has 2 aliphatic heterocycles. The molecule has 1 saturated carbocycles. The zero-order chi connectivity index (χ0) is 12.8. The largest absolute Gasteiger partial charge is 0.329 e. The van der Waals surface area contributed by atoms with Crippen molar-refractivity contribution in [2.24, 2.45) is 5.73 Å². The van der Waals surface area contributed by atoms with Crippen molar-refractivity contribution in [2.45, 2.75) is 56.0 Å². The average Bonchev–Trinajstić information content (AvgIpc) is 3.14. The summed E-state index contributed by atoms with van der Waals surface area (Å²) >= 11 is 2.11. The second-order valence-electron chi connectivity index (χ2n) is 6.51. The van der Waals surface area contributed by atoms with E-state index in [-0.39, 0.29) is 5.54 Å². The van der Waals surface area contributed by atoms with Crippen molar-refractivity contribution >= 4 is 11.8 Å². The van der Waals surface area contributed by atoms with E-state index in [0.717, 1.165) is 23.9 Å². The quantitative estimate of drug-likeness (QED) is 0.839. The van der Waals surface area contributed by atoms with E-state index in [0.29, 0.717) is 0 Å². The maximum Gasteiger partial charge on any atom is 0.0474 e. The third kappa shape index (κ3) is 2.33. The molecule has 0 bridgehead atoms. The highest BCUT2D eigenvalue weighted by molar-refractivity contribution is 7.99. The zero-order valence-electron chi connectivity index (χ0n) is 11.8. The molecule has 3 fully saturated rings. The van der Waals surface area contributed by atoms with Gasteiger partial charge in [0.1, 0.15) is 0 Å². The summed E-state index contributed by atoms with van der Waals surface area (Å²) < 4.78 is 0. The fourth-order valence-electron chi connectivity index (χ4n) is 3.88. The van der Waals surface area contributed by atoms with Crippen LogP contribution < -0.4 is 5.73 Å². The van der Waals surface area contributed by atoms with Crippen LogP contribution in [0.5, 0.6) is 0 Å². The van der Waals surface area contributed by atoms with E-state index >= 15 is 0 Å². The van der Waals surface area contributed by atoms with Gasteiger partial charge in [0.05, 0.1) is 0 Å². The highest BCUT2D eigenvalue weighted by Gasteiger charge is 2.49. The lowest BCUT2D eigenvalue weighted by atomic mass is 9.93. The molecule has 2 N–H and O–H groups in total. The number of nitrogens with two attached hydrogens (primary N) is 1. The van der Waals surface area contributed by atoms with E-state index in [1.165, 1.54) is 44.6 Å². The fourth-order valence-corrected chi connectivity index (χ4v) is 4.89. The molecule has 3 atom stereocenters. The Morgan fingerprint density at radius 3 is 2.72 bits per heavy atom. The minimum atomic E-state index is 0.275. The van der Waals surface area contributed by atoms with Crippen LogP contribution in [-0.2, 0) is 0 Å². The van der Waals surface area contributed by atoms with Gasteiger partial charge in [-0.1, -0.05) is 6.92 Å². The standard InChI is InChI=1S/C14H27N3S/c1-11-7-14(9-15,10-17(11)13-3-4-13)16-5-6-18-12(2)8-16/h11-13H,3-10,15H2,1-2H3. The lowest BCUT2D eigenvalue weighted by molar-refractivity contribution is 0.102. The van der Waals surface area contributed by atoms with Crippen molar-refractivity contribution in [2.75, 3.05) is 31.9 Å². The molecule has 2 saturated heterocycles. The number of nitrogens with zero attached hydrogens (tertiary/aromatic N) is 2. The molecule has 3 nitrogen and oxygen atoms in total. The Hall–Kier alpha value is 0.230. The van der Waals surface area contributed by atoms with Gasteiger partial charge in [0, 0.05) is 54.8 Å². The summed E-state index contributed by atoms with van der Waals surface area (Å²) in [5.41, 5.74) is 6.49. The summed E-state index contributed by atoms with van der Waals surface area (Å²) in [4.78, 5) is 5.45. The molecule has 4 heteroatoms. The van der Waals surface area contributed by atoms with Crippen LogP contribution in [0.1, 0.15) is 33.1 Å². The molecule has 0 amide bonds. The van der Waals surface area contributed by atoms with Gasteiger partial charge in [0.25, 0.3) is 0 Å². The first-order valence-electron chi connectivity index (χ1n) is 7.47. The molecule has 0 spiro atoms. The van der Waals surface area contributed by atoms with Gasteiger partial charge in [-0.25, -0.2) is 0 Å². The summed E-state index contributed by atoms with van der Waals surface area (Å²) in [6.07, 6.45) is 4.10. The van der Waals surface area contributed by atoms with Crippen LogP contribution in [0.15, 0.2) is 0 Å². The highest BCUT2D eigenvalue weighted by Crippen LogP contribution is 2.40. The van der Waals surface area contributed by atoms with Crippen LogP contribution in [-0.4, -0.2) is 64.6 Å². The molecule has 3 unspecified atom stereocenters. The normalized spacial score (nSPS) is 43.5. The molecule has 18 heavy (non-hydrogen) atoms. The molecule has 2 heterocycles. The maximum absolute atomic E-state index is 6.21. The first-order chi connectivity index (χ1) is 8.64. The second-order valence-corrected chi connectivity index (χ2v) is 8.06. The molecule has 104 valence electrons. The lowest BCUT2D eigenvalue weighted by Crippen LogP contribution is -2.59. The Morgan fingerprint density at radius 1 is 1.33 bits per heavy atom. The Kier molecular flexibility index (Phi) is 3.65. The molecular weight excluding hydrogens is 242 g/mol. The number of hydrogen-bond donors (Lipinski definition) is 1. The molecule has 0 radical (unpaired) electrons. The predicted molar refractivity (Wildman–Crippen MR) is 79.1 cm³/mol. The molecule has 0 aromatic heterocycles. The molecule has 0 aromatic carbocycles. The average molecular weight is 269 g/mol. The molecule has 1 aliphatic carbocycles. The Labute approximate surface area is 115 Å². The third-order valence-corrected chi connectivity index (χ3v) is 6.16. The Morgan fingerprint density at radius 2 is 2.11 bits per heavy atom. The fraction of sp³-hybridized carbons (Fsp3) is 1.00. The van der Waals surface area contributed by atoms with E-state index in [4.69, 9.17) is 5.73 Å². The minimum Gasteiger partial charge on any atom is -0.329 e. The smallest absolute Gasteiger partial charge is 0.0474 e. The zero-order valence-corrected chi connectivity index (χ0v) is 12.6. The minimum absolute atomic E-state index is 0.275. The van der Waals surface area contributed by atoms with E-state index in [2.05, 4.69) is 35.4 Å². The summed E-state index contributed by atoms with van der Waals surface area (Å²) in [6.45, 7) is 9.27. The van der Waals surface area contributed by atoms with Gasteiger partial charge in [-0.05, 0) is 26.2 Å². The van der Waals surface area contributed by atoms with Crippen molar-refractivity contribution < 1.29 is 0 Å². The monoisotopic (exact) mass is 269 g/mol. The van der Waals surface area contributed by atoms with Gasteiger partial charge in [0.2, 0.25) is 0 Å². The third-order valence-electron chi connectivity index (χ3n) is 5.03. The highest BCUT2D eigenvalue weighted by atomic mass is 32.2. The first kappa shape index (κ1) is 13.2. The van der Waals surface area contributed by atoms with Gasteiger partial charge in [0.15, 0.2) is 0 Å². The molecule has 3 rings (SSSR count). The topological polar surface area (TPSA) is 32.5 Å². The Balaban J connectivity index is 1.73. The van der Waals surface area contributed by atoms with Crippen LogP contribution in [0.4, 0.5) is 0 Å². The summed E-state index contributed by atoms with van der Waals surface area (Å²) in [5, 5.41) is 0.771. The van der Waals surface area contributed by atoms with E-state index in [1.807, 2.05) is 0 Å². The van der Waals surface area contributed by atoms with Gasteiger partial charge in [-0.15, -0.1) is 0 Å². The number of likely N-dealkylation sites (tertiary alicyclic amines) is 1. The van der Waals surface area contributed by atoms with Gasteiger partial charge >= 0.3 is 0 Å². The molecule has 3 aliphatic rings. The number of thioether (sulfide) groups is 1. The van der Waals surface area contributed by atoms with Crippen molar-refractivity contribution in [1.29, 1.82) is 0 Å². The van der Waals surface area contributed by atoms with Crippen molar-refractivity contribution in [1.82, 2.24) is 9.80 Å². The van der Waals surface area contributed by atoms with Crippen molar-refractivity contribution in [3.63, 3.8) is 0 Å². The van der Waals surface area contributed by atoms with Gasteiger partial charge in [-0.3, -0.25) is 9.80 Å². The van der Waals surface area contributed by atoms with Crippen LogP contribution in [0, 0.1) is 0 Å². The predicted octanol–water partition coefficient (Wildman–Crippen LogP) is 1.38. The summed E-state index contributed by atoms with van der Waals surface area (Å²) in [6, 6.07) is 1.61.